The van der Waals surface area contributed by atoms with Gasteiger partial charge >= 0.3 is 6.18 Å². The van der Waals surface area contributed by atoms with Gasteiger partial charge in [0.25, 0.3) is 15.9 Å². The maximum atomic E-state index is 13.6. The van der Waals surface area contributed by atoms with Crippen molar-refractivity contribution in [2.75, 3.05) is 31.5 Å². The van der Waals surface area contributed by atoms with Gasteiger partial charge in [-0.15, -0.1) is 0 Å². The van der Waals surface area contributed by atoms with E-state index in [2.05, 4.69) is 9.71 Å². The average molecular weight is 610 g/mol. The number of benzene rings is 2. The van der Waals surface area contributed by atoms with Gasteiger partial charge in [0.2, 0.25) is 0 Å². The third-order valence-electron chi connectivity index (χ3n) is 7.10. The fourth-order valence-corrected chi connectivity index (χ4v) is 5.75. The fourth-order valence-electron chi connectivity index (χ4n) is 4.72. The summed E-state index contributed by atoms with van der Waals surface area (Å²) in [6, 6.07) is 8.86. The SMILES string of the molecule is C[C@@H]1CN([C@@H](C)CO)C(=O)c2cc(NS(=O)(=O)c3cn(C)cn3)ccc2O[C@@H]1CN(C)Cc1ccc(C(F)(F)F)cc1. The normalized spacial score (nSPS) is 18.7. The van der Waals surface area contributed by atoms with E-state index in [9.17, 15) is 31.5 Å². The number of carbonyl (C=O) groups excluding carboxylic acids is 1. The highest BCUT2D eigenvalue weighted by Gasteiger charge is 2.34. The van der Waals surface area contributed by atoms with E-state index in [0.717, 1.165) is 12.1 Å². The molecule has 3 aromatic rings. The molecule has 228 valence electrons. The van der Waals surface area contributed by atoms with Gasteiger partial charge in [0, 0.05) is 44.5 Å². The first-order valence-corrected chi connectivity index (χ1v) is 14.7. The van der Waals surface area contributed by atoms with Gasteiger partial charge in [-0.2, -0.15) is 21.6 Å². The lowest BCUT2D eigenvalue weighted by Crippen LogP contribution is -2.49. The van der Waals surface area contributed by atoms with E-state index >= 15 is 0 Å². The molecule has 10 nitrogen and oxygen atoms in total. The summed E-state index contributed by atoms with van der Waals surface area (Å²) < 4.78 is 74.8. The van der Waals surface area contributed by atoms with E-state index < -0.39 is 39.8 Å². The number of amides is 1. The molecular formula is C28H34F3N5O5S. The van der Waals surface area contributed by atoms with Crippen LogP contribution >= 0.6 is 0 Å². The lowest BCUT2D eigenvalue weighted by molar-refractivity contribution is -0.137. The number of alkyl halides is 3. The van der Waals surface area contributed by atoms with Crippen LogP contribution < -0.4 is 9.46 Å². The van der Waals surface area contributed by atoms with Crippen LogP contribution in [0.15, 0.2) is 60.0 Å². The molecule has 0 radical (unpaired) electrons. The molecule has 3 atom stereocenters. The maximum Gasteiger partial charge on any atom is 0.416 e. The minimum atomic E-state index is -4.41. The van der Waals surface area contributed by atoms with Gasteiger partial charge in [0.05, 0.1) is 30.1 Å². The van der Waals surface area contributed by atoms with Gasteiger partial charge in [0.15, 0.2) is 5.03 Å². The Bertz CT molecular complexity index is 1510. The van der Waals surface area contributed by atoms with Gasteiger partial charge < -0.3 is 19.3 Å². The standard InChI is InChI=1S/C28H34F3N5O5S/c1-18-12-36(19(2)16-37)27(38)23-11-22(33-42(39,40)26-15-35(4)17-32-26)9-10-24(23)41-25(18)14-34(3)13-20-5-7-21(8-6-20)28(29,30)31/h5-11,15,17-19,25,33,37H,12-14,16H2,1-4H3/t18-,19+,25-/m1/s1. The quantitative estimate of drug-likeness (QED) is 0.381. The van der Waals surface area contributed by atoms with Crippen molar-refractivity contribution in [1.82, 2.24) is 19.4 Å². The van der Waals surface area contributed by atoms with Gasteiger partial charge in [-0.05, 0) is 49.9 Å². The number of hydrogen-bond acceptors (Lipinski definition) is 7. The number of halogens is 3. The van der Waals surface area contributed by atoms with Gasteiger partial charge in [-0.25, -0.2) is 4.98 Å². The lowest BCUT2D eigenvalue weighted by atomic mass is 9.99. The molecule has 0 aliphatic carbocycles. The number of rotatable bonds is 9. The number of carbonyl (C=O) groups is 1. The van der Waals surface area contributed by atoms with E-state index in [1.807, 2.05) is 18.9 Å². The van der Waals surface area contributed by atoms with Gasteiger partial charge in [-0.1, -0.05) is 19.1 Å². The molecule has 1 amide bonds. The molecule has 2 N–H and O–H groups in total. The van der Waals surface area contributed by atoms with Crippen molar-refractivity contribution in [2.24, 2.45) is 13.0 Å². The zero-order valence-corrected chi connectivity index (χ0v) is 24.5. The molecule has 0 unspecified atom stereocenters. The van der Waals surface area contributed by atoms with E-state index in [4.69, 9.17) is 4.74 Å². The summed E-state index contributed by atoms with van der Waals surface area (Å²) in [7, 11) is -0.557. The third kappa shape index (κ3) is 7.23. The number of imidazole rings is 1. The van der Waals surface area contributed by atoms with Crippen molar-refractivity contribution in [2.45, 2.75) is 43.7 Å². The number of anilines is 1. The summed E-state index contributed by atoms with van der Waals surface area (Å²) in [6.07, 6.45) is -2.15. The predicted molar refractivity (Wildman–Crippen MR) is 149 cm³/mol. The minimum absolute atomic E-state index is 0.124. The number of hydrogen-bond donors (Lipinski definition) is 2. The molecule has 0 bridgehead atoms. The summed E-state index contributed by atoms with van der Waals surface area (Å²) in [5.41, 5.74) is 0.239. The molecule has 2 aromatic carbocycles. The number of likely N-dealkylation sites (N-methyl/N-ethyl adjacent to an activating group) is 1. The zero-order chi connectivity index (χ0) is 30.8. The second-order valence-corrected chi connectivity index (χ2v) is 12.3. The van der Waals surface area contributed by atoms with Crippen LogP contribution in [0.1, 0.15) is 35.3 Å². The highest BCUT2D eigenvalue weighted by Crippen LogP contribution is 2.32. The Morgan fingerprint density at radius 3 is 2.50 bits per heavy atom. The van der Waals surface area contributed by atoms with Crippen LogP contribution in [-0.4, -0.2) is 77.7 Å². The van der Waals surface area contributed by atoms with E-state index in [-0.39, 0.29) is 41.1 Å². The smallest absolute Gasteiger partial charge is 0.416 e. The number of nitrogens with zero attached hydrogens (tertiary/aromatic N) is 4. The summed E-state index contributed by atoms with van der Waals surface area (Å²) in [6.45, 7) is 4.35. The molecule has 14 heteroatoms. The molecule has 0 saturated carbocycles. The minimum Gasteiger partial charge on any atom is -0.488 e. The van der Waals surface area contributed by atoms with Gasteiger partial charge in [-0.3, -0.25) is 14.4 Å². The molecule has 0 spiro atoms. The third-order valence-corrected chi connectivity index (χ3v) is 8.36. The Labute approximate surface area is 242 Å². The molecule has 0 fully saturated rings. The van der Waals surface area contributed by atoms with Gasteiger partial charge in [0.1, 0.15) is 11.9 Å². The van der Waals surface area contributed by atoms with Crippen LogP contribution in [-0.2, 0) is 29.8 Å². The summed E-state index contributed by atoms with van der Waals surface area (Å²) in [5.74, 6) is -0.363. The number of aryl methyl sites for hydroxylation is 1. The van der Waals surface area contributed by atoms with Crippen molar-refractivity contribution in [3.8, 4) is 5.75 Å². The number of sulfonamides is 1. The number of aliphatic hydroxyl groups is 1. The van der Waals surface area contributed by atoms with Crippen LogP contribution in [0, 0.1) is 5.92 Å². The summed E-state index contributed by atoms with van der Waals surface area (Å²) >= 11 is 0. The molecule has 42 heavy (non-hydrogen) atoms. The fraction of sp³-hybridized carbons (Fsp3) is 0.429. The lowest BCUT2D eigenvalue weighted by Gasteiger charge is -2.38. The molecule has 4 rings (SSSR count). The number of fused-ring (bicyclic) bond motifs is 1. The molecule has 1 aromatic heterocycles. The van der Waals surface area contributed by atoms with E-state index in [0.29, 0.717) is 18.7 Å². The molecule has 1 aliphatic rings. The van der Waals surface area contributed by atoms with Crippen LogP contribution in [0.5, 0.6) is 5.75 Å². The van der Waals surface area contributed by atoms with E-state index in [1.54, 1.807) is 14.0 Å². The van der Waals surface area contributed by atoms with Crippen molar-refractivity contribution in [3.63, 3.8) is 0 Å². The highest BCUT2D eigenvalue weighted by molar-refractivity contribution is 7.92. The van der Waals surface area contributed by atoms with Crippen LogP contribution in [0.2, 0.25) is 0 Å². The number of aromatic nitrogens is 2. The van der Waals surface area contributed by atoms with Crippen LogP contribution in [0.25, 0.3) is 0 Å². The first-order chi connectivity index (χ1) is 19.7. The molecule has 1 aliphatic heterocycles. The Hall–Kier alpha value is -3.62. The largest absolute Gasteiger partial charge is 0.488 e. The number of aliphatic hydroxyl groups excluding tert-OH is 1. The zero-order valence-electron chi connectivity index (χ0n) is 23.7. The highest BCUT2D eigenvalue weighted by atomic mass is 32.2. The van der Waals surface area contributed by atoms with Crippen molar-refractivity contribution >= 4 is 21.6 Å². The summed E-state index contributed by atoms with van der Waals surface area (Å²) in [4.78, 5) is 21.0. The Morgan fingerprint density at radius 2 is 1.90 bits per heavy atom. The molecule has 0 saturated heterocycles. The Kier molecular flexibility index (Phi) is 9.18. The van der Waals surface area contributed by atoms with Crippen molar-refractivity contribution in [3.05, 3.63) is 71.7 Å². The number of ether oxygens (including phenoxy) is 1. The average Bonchev–Trinajstić information content (AvgIpc) is 3.37. The topological polar surface area (TPSA) is 117 Å². The molecule has 2 heterocycles. The first-order valence-electron chi connectivity index (χ1n) is 13.3. The molecular weight excluding hydrogens is 575 g/mol. The second-order valence-electron chi connectivity index (χ2n) is 10.7. The monoisotopic (exact) mass is 609 g/mol. The summed E-state index contributed by atoms with van der Waals surface area (Å²) in [5, 5.41) is 9.70. The van der Waals surface area contributed by atoms with Crippen molar-refractivity contribution in [1.29, 1.82) is 0 Å². The van der Waals surface area contributed by atoms with Crippen molar-refractivity contribution < 1.29 is 36.2 Å². The maximum absolute atomic E-state index is 13.6. The first kappa shape index (κ1) is 31.3. The Morgan fingerprint density at radius 1 is 1.21 bits per heavy atom. The second kappa shape index (κ2) is 12.3. The predicted octanol–water partition coefficient (Wildman–Crippen LogP) is 3.59. The van der Waals surface area contributed by atoms with Crippen LogP contribution in [0.3, 0.4) is 0 Å². The van der Waals surface area contributed by atoms with E-state index in [1.165, 1.54) is 52.3 Å². The van der Waals surface area contributed by atoms with Crippen LogP contribution in [0.4, 0.5) is 18.9 Å². The Balaban J connectivity index is 1.59. The number of nitrogens with one attached hydrogen (secondary N) is 1.